The molecule has 166 valence electrons. The van der Waals surface area contributed by atoms with Gasteiger partial charge in [0, 0.05) is 17.1 Å². The maximum absolute atomic E-state index is 13.3. The first kappa shape index (κ1) is 20.5. The topological polar surface area (TPSA) is 97.0 Å². The Bertz CT molecular complexity index is 1350. The van der Waals surface area contributed by atoms with E-state index in [2.05, 4.69) is 52.9 Å². The molecule has 1 aliphatic rings. The summed E-state index contributed by atoms with van der Waals surface area (Å²) in [6.07, 6.45) is 0.918. The van der Waals surface area contributed by atoms with Gasteiger partial charge in [0.1, 0.15) is 17.1 Å². The summed E-state index contributed by atoms with van der Waals surface area (Å²) in [4.78, 5) is 22.5. The molecule has 2 aromatic carbocycles. The van der Waals surface area contributed by atoms with Crippen molar-refractivity contribution in [3.63, 3.8) is 0 Å². The second-order valence-corrected chi connectivity index (χ2v) is 9.31. The standard InChI is InChI=1S/C24H28N6O2/c1-14(2)29-17-8-6-5-7-16(17)26-23(29)28-22(32)15-11-18-21(19(31)12-15)27-20-13-25-10-9-24(3,4)30(18)20/h5-8,11-12,14,25,31H,9-10,13H2,1-4H3,(H,26,28,32). The van der Waals surface area contributed by atoms with E-state index in [-0.39, 0.29) is 23.2 Å². The minimum Gasteiger partial charge on any atom is -0.506 e. The van der Waals surface area contributed by atoms with Crippen LogP contribution < -0.4 is 10.6 Å². The summed E-state index contributed by atoms with van der Waals surface area (Å²) in [5, 5.41) is 17.1. The number of fused-ring (bicyclic) bond motifs is 4. The van der Waals surface area contributed by atoms with Crippen LogP contribution in [0.4, 0.5) is 5.95 Å². The molecule has 0 saturated heterocycles. The molecular formula is C24H28N6O2. The lowest BCUT2D eigenvalue weighted by Crippen LogP contribution is -2.27. The smallest absolute Gasteiger partial charge is 0.258 e. The molecule has 1 amide bonds. The number of hydrogen-bond acceptors (Lipinski definition) is 5. The van der Waals surface area contributed by atoms with E-state index in [1.165, 1.54) is 6.07 Å². The Kier molecular flexibility index (Phi) is 4.70. The molecule has 0 radical (unpaired) electrons. The molecule has 0 fully saturated rings. The van der Waals surface area contributed by atoms with Crippen LogP contribution in [0.5, 0.6) is 5.75 Å². The molecule has 1 aliphatic heterocycles. The van der Waals surface area contributed by atoms with Crippen molar-refractivity contribution in [2.24, 2.45) is 0 Å². The molecular weight excluding hydrogens is 404 g/mol. The molecule has 3 heterocycles. The average Bonchev–Trinajstić information content (AvgIpc) is 3.25. The number of phenolic OH excluding ortho intramolecular Hbond substituents is 1. The number of aromatic nitrogens is 4. The van der Waals surface area contributed by atoms with Crippen LogP contribution in [0.15, 0.2) is 36.4 Å². The number of benzene rings is 2. The first-order valence-corrected chi connectivity index (χ1v) is 11.0. The number of para-hydroxylation sites is 2. The predicted octanol–water partition coefficient (Wildman–Crippen LogP) is 4.15. The molecule has 8 nitrogen and oxygen atoms in total. The molecule has 4 aromatic rings. The normalized spacial score (nSPS) is 15.8. The highest BCUT2D eigenvalue weighted by atomic mass is 16.3. The maximum atomic E-state index is 13.3. The van der Waals surface area contributed by atoms with Gasteiger partial charge in [0.25, 0.3) is 5.91 Å². The quantitative estimate of drug-likeness (QED) is 0.452. The van der Waals surface area contributed by atoms with Gasteiger partial charge in [0.15, 0.2) is 0 Å². The van der Waals surface area contributed by atoms with Crippen molar-refractivity contribution >= 4 is 33.9 Å². The lowest BCUT2D eigenvalue weighted by Gasteiger charge is -2.27. The van der Waals surface area contributed by atoms with Crippen LogP contribution in [0, 0.1) is 0 Å². The summed E-state index contributed by atoms with van der Waals surface area (Å²) in [5.74, 6) is 1.03. The van der Waals surface area contributed by atoms with Gasteiger partial charge in [-0.25, -0.2) is 9.97 Å². The van der Waals surface area contributed by atoms with Gasteiger partial charge in [0.2, 0.25) is 5.95 Å². The molecule has 32 heavy (non-hydrogen) atoms. The molecule has 0 bridgehead atoms. The number of carbonyl (C=O) groups is 1. The molecule has 2 aromatic heterocycles. The van der Waals surface area contributed by atoms with Crippen LogP contribution in [0.3, 0.4) is 0 Å². The van der Waals surface area contributed by atoms with Gasteiger partial charge in [0.05, 0.1) is 23.1 Å². The fourth-order valence-corrected chi connectivity index (χ4v) is 4.67. The van der Waals surface area contributed by atoms with E-state index in [1.807, 2.05) is 34.9 Å². The predicted molar refractivity (Wildman–Crippen MR) is 125 cm³/mol. The highest BCUT2D eigenvalue weighted by Gasteiger charge is 2.29. The fourth-order valence-electron chi connectivity index (χ4n) is 4.67. The lowest BCUT2D eigenvalue weighted by molar-refractivity contribution is 0.102. The zero-order valence-electron chi connectivity index (χ0n) is 18.8. The van der Waals surface area contributed by atoms with Crippen molar-refractivity contribution in [3.8, 4) is 5.75 Å². The van der Waals surface area contributed by atoms with Crippen molar-refractivity contribution in [3.05, 3.63) is 47.8 Å². The molecule has 0 atom stereocenters. The molecule has 0 unspecified atom stereocenters. The molecule has 3 N–H and O–H groups in total. The summed E-state index contributed by atoms with van der Waals surface area (Å²) in [7, 11) is 0. The number of amides is 1. The second-order valence-electron chi connectivity index (χ2n) is 9.31. The summed E-state index contributed by atoms with van der Waals surface area (Å²) >= 11 is 0. The monoisotopic (exact) mass is 432 g/mol. The van der Waals surface area contributed by atoms with Crippen LogP contribution >= 0.6 is 0 Å². The number of rotatable bonds is 3. The van der Waals surface area contributed by atoms with E-state index in [9.17, 15) is 9.90 Å². The minimum atomic E-state index is -0.320. The maximum Gasteiger partial charge on any atom is 0.258 e. The third-order valence-electron chi connectivity index (χ3n) is 6.21. The summed E-state index contributed by atoms with van der Waals surface area (Å²) in [6, 6.07) is 11.2. The number of carbonyl (C=O) groups excluding carboxylic acids is 1. The van der Waals surface area contributed by atoms with Crippen molar-refractivity contribution in [2.75, 3.05) is 11.9 Å². The van der Waals surface area contributed by atoms with Gasteiger partial charge in [-0.05, 0) is 64.9 Å². The summed E-state index contributed by atoms with van der Waals surface area (Å²) in [6.45, 7) is 9.92. The first-order chi connectivity index (χ1) is 15.3. The Morgan fingerprint density at radius 2 is 1.97 bits per heavy atom. The van der Waals surface area contributed by atoms with Gasteiger partial charge in [-0.1, -0.05) is 12.1 Å². The number of imidazole rings is 2. The molecule has 0 saturated carbocycles. The number of nitrogens with zero attached hydrogens (tertiary/aromatic N) is 4. The Morgan fingerprint density at radius 3 is 2.75 bits per heavy atom. The molecule has 8 heteroatoms. The average molecular weight is 433 g/mol. The van der Waals surface area contributed by atoms with Crippen LogP contribution in [0.25, 0.3) is 22.1 Å². The van der Waals surface area contributed by atoms with Crippen LogP contribution in [-0.4, -0.2) is 36.7 Å². The Labute approximate surface area is 186 Å². The van der Waals surface area contributed by atoms with E-state index in [1.54, 1.807) is 0 Å². The number of hydrogen-bond donors (Lipinski definition) is 3. The third-order valence-corrected chi connectivity index (χ3v) is 6.21. The van der Waals surface area contributed by atoms with Gasteiger partial charge in [-0.2, -0.15) is 0 Å². The Balaban J connectivity index is 1.59. The number of phenols is 1. The zero-order valence-corrected chi connectivity index (χ0v) is 18.8. The first-order valence-electron chi connectivity index (χ1n) is 11.0. The molecule has 0 spiro atoms. The largest absolute Gasteiger partial charge is 0.506 e. The Hall–Kier alpha value is -3.39. The minimum absolute atomic E-state index is 0.00128. The highest BCUT2D eigenvalue weighted by molar-refractivity contribution is 6.06. The van der Waals surface area contributed by atoms with E-state index in [0.29, 0.717) is 23.6 Å². The fraction of sp³-hybridized carbons (Fsp3) is 0.375. The molecule has 5 rings (SSSR count). The van der Waals surface area contributed by atoms with E-state index in [0.717, 1.165) is 35.3 Å². The van der Waals surface area contributed by atoms with Crippen LogP contribution in [-0.2, 0) is 12.1 Å². The van der Waals surface area contributed by atoms with E-state index < -0.39 is 0 Å². The van der Waals surface area contributed by atoms with Gasteiger partial charge >= 0.3 is 0 Å². The van der Waals surface area contributed by atoms with Gasteiger partial charge in [-0.15, -0.1) is 0 Å². The number of nitrogens with one attached hydrogen (secondary N) is 2. The van der Waals surface area contributed by atoms with Crippen molar-refractivity contribution in [1.29, 1.82) is 0 Å². The van der Waals surface area contributed by atoms with Crippen molar-refractivity contribution in [1.82, 2.24) is 24.4 Å². The summed E-state index contributed by atoms with van der Waals surface area (Å²) < 4.78 is 4.15. The zero-order chi connectivity index (χ0) is 22.6. The van der Waals surface area contributed by atoms with Crippen molar-refractivity contribution < 1.29 is 9.90 Å². The van der Waals surface area contributed by atoms with E-state index >= 15 is 0 Å². The highest BCUT2D eigenvalue weighted by Crippen LogP contribution is 2.34. The Morgan fingerprint density at radius 1 is 1.19 bits per heavy atom. The van der Waals surface area contributed by atoms with Gasteiger partial charge in [-0.3, -0.25) is 10.1 Å². The molecule has 0 aliphatic carbocycles. The SMILES string of the molecule is CC(C)n1c(NC(=O)c2cc(O)c3nc4n(c3c2)C(C)(C)CCNC4)nc2ccccc21. The van der Waals surface area contributed by atoms with Crippen molar-refractivity contribution in [2.45, 2.75) is 52.2 Å². The van der Waals surface area contributed by atoms with Crippen LogP contribution in [0.2, 0.25) is 0 Å². The lowest BCUT2D eigenvalue weighted by atomic mass is 10.00. The van der Waals surface area contributed by atoms with E-state index in [4.69, 9.17) is 0 Å². The number of anilines is 1. The summed E-state index contributed by atoms with van der Waals surface area (Å²) in [5.41, 5.74) is 3.24. The van der Waals surface area contributed by atoms with Crippen LogP contribution in [0.1, 0.15) is 56.3 Å². The second kappa shape index (κ2) is 7.34. The van der Waals surface area contributed by atoms with Gasteiger partial charge < -0.3 is 19.6 Å². The number of aromatic hydroxyl groups is 1. The third kappa shape index (κ3) is 3.22.